The molecule has 1 aromatic heterocycles. The number of nitrogens with zero attached hydrogens (tertiary/aromatic N) is 2. The van der Waals surface area contributed by atoms with Gasteiger partial charge in [0.25, 0.3) is 5.91 Å². The minimum atomic E-state index is -1.65. The van der Waals surface area contributed by atoms with E-state index in [1.54, 1.807) is 6.07 Å². The number of fused-ring (bicyclic) bond motifs is 1. The van der Waals surface area contributed by atoms with Gasteiger partial charge in [-0.05, 0) is 43.2 Å². The first-order valence-corrected chi connectivity index (χ1v) is 8.52. The normalized spacial score (nSPS) is 15.5. The largest absolute Gasteiger partial charge is 0.342 e. The number of halogens is 4. The number of carbonyl (C=O) groups is 1. The fraction of sp³-hybridized carbons (Fsp3) is 0.263. The van der Waals surface area contributed by atoms with Crippen LogP contribution in [0.15, 0.2) is 30.3 Å². The molecule has 1 saturated heterocycles. The first-order chi connectivity index (χ1) is 12.9. The summed E-state index contributed by atoms with van der Waals surface area (Å²) < 4.78 is 53.6. The van der Waals surface area contributed by atoms with Crippen LogP contribution < -0.4 is 0 Å². The smallest absolute Gasteiger partial charge is 0.256 e. The molecule has 0 radical (unpaired) electrons. The molecular formula is C19H15F4N3O. The Morgan fingerprint density at radius 2 is 1.78 bits per heavy atom. The summed E-state index contributed by atoms with van der Waals surface area (Å²) in [7, 11) is 0. The van der Waals surface area contributed by atoms with E-state index in [0.717, 1.165) is 12.1 Å². The van der Waals surface area contributed by atoms with E-state index in [0.29, 0.717) is 42.8 Å². The van der Waals surface area contributed by atoms with E-state index in [1.807, 2.05) is 0 Å². The SMILES string of the molecule is O=C(c1ccc(F)c(F)c1F)N1CCC(c2nc3ccc(F)cc3[nH]2)CC1. The summed E-state index contributed by atoms with van der Waals surface area (Å²) >= 11 is 0. The Labute approximate surface area is 151 Å². The van der Waals surface area contributed by atoms with Crippen LogP contribution in [0.4, 0.5) is 17.6 Å². The molecule has 0 spiro atoms. The molecule has 8 heteroatoms. The molecule has 27 heavy (non-hydrogen) atoms. The lowest BCUT2D eigenvalue weighted by Crippen LogP contribution is -2.38. The van der Waals surface area contributed by atoms with E-state index in [1.165, 1.54) is 17.0 Å². The van der Waals surface area contributed by atoms with Gasteiger partial charge in [-0.25, -0.2) is 22.5 Å². The molecule has 1 aliphatic rings. The molecule has 0 bridgehead atoms. The maximum atomic E-state index is 13.9. The van der Waals surface area contributed by atoms with Gasteiger partial charge in [0.05, 0.1) is 16.6 Å². The monoisotopic (exact) mass is 377 g/mol. The van der Waals surface area contributed by atoms with E-state index in [4.69, 9.17) is 0 Å². The van der Waals surface area contributed by atoms with Crippen molar-refractivity contribution < 1.29 is 22.4 Å². The zero-order valence-corrected chi connectivity index (χ0v) is 14.1. The van der Waals surface area contributed by atoms with Crippen molar-refractivity contribution in [1.29, 1.82) is 0 Å². The molecule has 1 aliphatic heterocycles. The molecule has 140 valence electrons. The molecule has 2 aromatic carbocycles. The van der Waals surface area contributed by atoms with Crippen LogP contribution in [0.5, 0.6) is 0 Å². The summed E-state index contributed by atoms with van der Waals surface area (Å²) in [5, 5.41) is 0. The molecule has 0 aliphatic carbocycles. The quantitative estimate of drug-likeness (QED) is 0.539. The summed E-state index contributed by atoms with van der Waals surface area (Å²) in [5.41, 5.74) is 0.785. The van der Waals surface area contributed by atoms with E-state index < -0.39 is 28.9 Å². The standard InChI is InChI=1S/C19H15F4N3O/c20-11-1-4-14-15(9-11)25-18(24-14)10-5-7-26(8-6-10)19(27)12-2-3-13(21)17(23)16(12)22/h1-4,9-10H,5-8H2,(H,24,25). The third-order valence-corrected chi connectivity index (χ3v) is 4.90. The van der Waals surface area contributed by atoms with Gasteiger partial charge in [0.1, 0.15) is 11.6 Å². The molecule has 1 fully saturated rings. The average molecular weight is 377 g/mol. The zero-order chi connectivity index (χ0) is 19.1. The highest BCUT2D eigenvalue weighted by atomic mass is 19.2. The van der Waals surface area contributed by atoms with E-state index in [2.05, 4.69) is 9.97 Å². The Hall–Kier alpha value is -2.90. The Balaban J connectivity index is 1.48. The summed E-state index contributed by atoms with van der Waals surface area (Å²) in [5.74, 6) is -4.72. The van der Waals surface area contributed by atoms with Crippen LogP contribution in [0.3, 0.4) is 0 Å². The Bertz CT molecular complexity index is 1030. The topological polar surface area (TPSA) is 49.0 Å². The first kappa shape index (κ1) is 17.5. The fourth-order valence-electron chi connectivity index (χ4n) is 3.41. The van der Waals surface area contributed by atoms with Gasteiger partial charge in [-0.15, -0.1) is 0 Å². The van der Waals surface area contributed by atoms with E-state index in [-0.39, 0.29) is 11.7 Å². The predicted octanol–water partition coefficient (Wildman–Crippen LogP) is 4.14. The number of H-pyrrole nitrogens is 1. The van der Waals surface area contributed by atoms with Crippen molar-refractivity contribution in [2.75, 3.05) is 13.1 Å². The highest BCUT2D eigenvalue weighted by Crippen LogP contribution is 2.29. The van der Waals surface area contributed by atoms with E-state index >= 15 is 0 Å². The summed E-state index contributed by atoms with van der Waals surface area (Å²) in [4.78, 5) is 21.4. The third-order valence-electron chi connectivity index (χ3n) is 4.90. The maximum absolute atomic E-state index is 13.9. The minimum absolute atomic E-state index is 0.0410. The summed E-state index contributed by atoms with van der Waals surface area (Å²) in [6.45, 7) is 0.653. The highest BCUT2D eigenvalue weighted by molar-refractivity contribution is 5.94. The number of hydrogen-bond donors (Lipinski definition) is 1. The number of hydrogen-bond acceptors (Lipinski definition) is 2. The van der Waals surface area contributed by atoms with Crippen LogP contribution >= 0.6 is 0 Å². The van der Waals surface area contributed by atoms with Crippen LogP contribution in [-0.4, -0.2) is 33.9 Å². The molecule has 0 unspecified atom stereocenters. The second-order valence-corrected chi connectivity index (χ2v) is 6.57. The lowest BCUT2D eigenvalue weighted by Gasteiger charge is -2.31. The number of amides is 1. The van der Waals surface area contributed by atoms with Crippen molar-refractivity contribution in [2.45, 2.75) is 18.8 Å². The molecule has 1 amide bonds. The second-order valence-electron chi connectivity index (χ2n) is 6.57. The highest BCUT2D eigenvalue weighted by Gasteiger charge is 2.29. The lowest BCUT2D eigenvalue weighted by molar-refractivity contribution is 0.0705. The fourth-order valence-corrected chi connectivity index (χ4v) is 3.41. The van der Waals surface area contributed by atoms with Gasteiger partial charge in [-0.2, -0.15) is 0 Å². The number of aromatic nitrogens is 2. The number of carbonyl (C=O) groups excluding carboxylic acids is 1. The third kappa shape index (κ3) is 3.15. The number of likely N-dealkylation sites (tertiary alicyclic amines) is 1. The maximum Gasteiger partial charge on any atom is 0.256 e. The molecule has 4 nitrogen and oxygen atoms in total. The van der Waals surface area contributed by atoms with Crippen LogP contribution in [0.1, 0.15) is 34.9 Å². The number of nitrogens with one attached hydrogen (secondary N) is 1. The number of rotatable bonds is 2. The number of benzene rings is 2. The molecule has 4 rings (SSSR count). The van der Waals surface area contributed by atoms with Crippen LogP contribution in [-0.2, 0) is 0 Å². The average Bonchev–Trinajstić information content (AvgIpc) is 3.09. The molecule has 0 atom stereocenters. The molecule has 0 saturated carbocycles. The van der Waals surface area contributed by atoms with Gasteiger partial charge in [0, 0.05) is 19.0 Å². The van der Waals surface area contributed by atoms with Gasteiger partial charge >= 0.3 is 0 Å². The number of imidazole rings is 1. The molecular weight excluding hydrogens is 362 g/mol. The Kier molecular flexibility index (Phi) is 4.33. The van der Waals surface area contributed by atoms with Gasteiger partial charge in [0.15, 0.2) is 17.5 Å². The van der Waals surface area contributed by atoms with Crippen molar-refractivity contribution >= 4 is 16.9 Å². The second kappa shape index (κ2) is 6.68. The van der Waals surface area contributed by atoms with Crippen molar-refractivity contribution in [3.8, 4) is 0 Å². The number of piperidine rings is 1. The predicted molar refractivity (Wildman–Crippen MR) is 90.2 cm³/mol. The Morgan fingerprint density at radius 1 is 1.04 bits per heavy atom. The molecule has 2 heterocycles. The first-order valence-electron chi connectivity index (χ1n) is 8.52. The van der Waals surface area contributed by atoms with Crippen molar-refractivity contribution in [3.63, 3.8) is 0 Å². The zero-order valence-electron chi connectivity index (χ0n) is 14.1. The van der Waals surface area contributed by atoms with Crippen LogP contribution in [0.2, 0.25) is 0 Å². The van der Waals surface area contributed by atoms with Crippen molar-refractivity contribution in [2.24, 2.45) is 0 Å². The summed E-state index contributed by atoms with van der Waals surface area (Å²) in [6, 6.07) is 6.00. The van der Waals surface area contributed by atoms with Gasteiger partial charge in [0.2, 0.25) is 0 Å². The van der Waals surface area contributed by atoms with Crippen LogP contribution in [0.25, 0.3) is 11.0 Å². The number of aromatic amines is 1. The van der Waals surface area contributed by atoms with Gasteiger partial charge < -0.3 is 9.88 Å². The van der Waals surface area contributed by atoms with Crippen LogP contribution in [0, 0.1) is 23.3 Å². The van der Waals surface area contributed by atoms with E-state index in [9.17, 15) is 22.4 Å². The van der Waals surface area contributed by atoms with Crippen molar-refractivity contribution in [3.05, 3.63) is 65.0 Å². The van der Waals surface area contributed by atoms with Gasteiger partial charge in [-0.3, -0.25) is 4.79 Å². The molecule has 1 N–H and O–H groups in total. The Morgan fingerprint density at radius 3 is 2.52 bits per heavy atom. The van der Waals surface area contributed by atoms with Gasteiger partial charge in [-0.1, -0.05) is 0 Å². The minimum Gasteiger partial charge on any atom is -0.342 e. The summed E-state index contributed by atoms with van der Waals surface area (Å²) in [6.07, 6.45) is 1.14. The molecule has 3 aromatic rings. The van der Waals surface area contributed by atoms with Crippen molar-refractivity contribution in [1.82, 2.24) is 14.9 Å². The lowest BCUT2D eigenvalue weighted by atomic mass is 9.95.